The van der Waals surface area contributed by atoms with Crippen molar-refractivity contribution in [2.45, 2.75) is 5.22 Å². The van der Waals surface area contributed by atoms with Crippen LogP contribution < -0.4 is 5.43 Å². The van der Waals surface area contributed by atoms with Crippen LogP contribution in [0.15, 0.2) is 61.7 Å². The molecule has 3 rings (SSSR count). The second-order valence-electron chi connectivity index (χ2n) is 4.70. The Morgan fingerprint density at radius 1 is 1.38 bits per heavy atom. The molecule has 0 saturated carbocycles. The van der Waals surface area contributed by atoms with E-state index in [2.05, 4.69) is 31.4 Å². The Bertz CT molecular complexity index is 880. The second-order valence-corrected chi connectivity index (χ2v) is 6.54. The molecule has 0 radical (unpaired) electrons. The number of aromatic nitrogens is 1. The smallest absolute Gasteiger partial charge is 0.257 e. The van der Waals surface area contributed by atoms with Crippen LogP contribution in [-0.2, 0) is 4.79 Å². The Balaban J connectivity index is 1.54. The third kappa shape index (κ3) is 4.21. The Morgan fingerprint density at radius 2 is 2.21 bits per heavy atom. The van der Waals surface area contributed by atoms with E-state index in [1.165, 1.54) is 12.3 Å². The van der Waals surface area contributed by atoms with Gasteiger partial charge in [0, 0.05) is 10.0 Å². The van der Waals surface area contributed by atoms with Crippen molar-refractivity contribution in [2.24, 2.45) is 5.10 Å². The maximum absolute atomic E-state index is 13.5. The quantitative estimate of drug-likeness (QED) is 0.394. The minimum atomic E-state index is -0.419. The molecule has 0 unspecified atom stereocenters. The van der Waals surface area contributed by atoms with Gasteiger partial charge in [0.1, 0.15) is 11.3 Å². The van der Waals surface area contributed by atoms with Crippen molar-refractivity contribution in [3.05, 3.63) is 58.3 Å². The summed E-state index contributed by atoms with van der Waals surface area (Å²) in [6, 6.07) is 11.8. The molecule has 1 N–H and O–H groups in total. The van der Waals surface area contributed by atoms with Gasteiger partial charge in [0.05, 0.1) is 12.0 Å². The standard InChI is InChI=1S/C16H11BrFN3O2S/c17-11-5-6-12(18)10(7-11)8-19-21-15(22)9-24-16-20-13-3-1-2-4-14(13)23-16/h1-8H,9H2,(H,21,22)/b19-8-. The number of carbonyl (C=O) groups excluding carboxylic acids is 1. The van der Waals surface area contributed by atoms with Crippen LogP contribution in [0.2, 0.25) is 0 Å². The maximum Gasteiger partial charge on any atom is 0.257 e. The molecule has 0 spiro atoms. The molecular weight excluding hydrogens is 397 g/mol. The Kier molecular flexibility index (Phi) is 5.27. The number of halogens is 2. The number of thioether (sulfide) groups is 1. The van der Waals surface area contributed by atoms with E-state index in [1.807, 2.05) is 24.3 Å². The van der Waals surface area contributed by atoms with Crippen LogP contribution >= 0.6 is 27.7 Å². The van der Waals surface area contributed by atoms with Crippen LogP contribution in [0, 0.1) is 5.82 Å². The van der Waals surface area contributed by atoms with Gasteiger partial charge in [-0.15, -0.1) is 0 Å². The number of hydrogen-bond acceptors (Lipinski definition) is 5. The van der Waals surface area contributed by atoms with E-state index >= 15 is 0 Å². The molecule has 8 heteroatoms. The molecule has 1 heterocycles. The number of carbonyl (C=O) groups is 1. The molecule has 2 aromatic carbocycles. The van der Waals surface area contributed by atoms with Gasteiger partial charge >= 0.3 is 0 Å². The zero-order valence-electron chi connectivity index (χ0n) is 12.2. The zero-order chi connectivity index (χ0) is 16.9. The molecule has 0 fully saturated rings. The number of nitrogens with zero attached hydrogens (tertiary/aromatic N) is 2. The van der Waals surface area contributed by atoms with E-state index in [0.29, 0.717) is 10.8 Å². The molecule has 24 heavy (non-hydrogen) atoms. The summed E-state index contributed by atoms with van der Waals surface area (Å²) in [4.78, 5) is 16.0. The predicted molar refractivity (Wildman–Crippen MR) is 94.6 cm³/mol. The summed E-state index contributed by atoms with van der Waals surface area (Å²) in [7, 11) is 0. The van der Waals surface area contributed by atoms with Crippen molar-refractivity contribution in [3.63, 3.8) is 0 Å². The van der Waals surface area contributed by atoms with Crippen molar-refractivity contribution in [2.75, 3.05) is 5.75 Å². The van der Waals surface area contributed by atoms with Crippen LogP contribution in [0.25, 0.3) is 11.1 Å². The number of benzene rings is 2. The van der Waals surface area contributed by atoms with Gasteiger partial charge < -0.3 is 4.42 Å². The fourth-order valence-electron chi connectivity index (χ4n) is 1.86. The number of para-hydroxylation sites is 2. The lowest BCUT2D eigenvalue weighted by molar-refractivity contribution is -0.118. The van der Waals surface area contributed by atoms with Gasteiger partial charge in [0.25, 0.3) is 11.1 Å². The highest BCUT2D eigenvalue weighted by molar-refractivity contribution is 9.10. The highest BCUT2D eigenvalue weighted by Crippen LogP contribution is 2.22. The minimum absolute atomic E-state index is 0.0884. The first-order valence-corrected chi connectivity index (χ1v) is 8.65. The summed E-state index contributed by atoms with van der Waals surface area (Å²) in [6.07, 6.45) is 1.25. The van der Waals surface area contributed by atoms with E-state index in [4.69, 9.17) is 4.42 Å². The largest absolute Gasteiger partial charge is 0.431 e. The normalized spacial score (nSPS) is 11.2. The van der Waals surface area contributed by atoms with Gasteiger partial charge in [-0.1, -0.05) is 39.8 Å². The van der Waals surface area contributed by atoms with Crippen molar-refractivity contribution < 1.29 is 13.6 Å². The Labute approximate surface area is 149 Å². The molecule has 1 amide bonds. The summed E-state index contributed by atoms with van der Waals surface area (Å²) < 4.78 is 19.7. The van der Waals surface area contributed by atoms with Crippen LogP contribution in [0.4, 0.5) is 4.39 Å². The monoisotopic (exact) mass is 407 g/mol. The summed E-state index contributed by atoms with van der Waals surface area (Å²) in [5, 5.41) is 4.16. The lowest BCUT2D eigenvalue weighted by Crippen LogP contribution is -2.19. The van der Waals surface area contributed by atoms with E-state index in [0.717, 1.165) is 21.8 Å². The average molecular weight is 408 g/mol. The van der Waals surface area contributed by atoms with Crippen LogP contribution in [0.1, 0.15) is 5.56 Å². The summed E-state index contributed by atoms with van der Waals surface area (Å²) in [6.45, 7) is 0. The number of hydrazone groups is 1. The maximum atomic E-state index is 13.5. The number of oxazole rings is 1. The molecule has 0 bridgehead atoms. The van der Waals surface area contributed by atoms with Gasteiger partial charge in [-0.05, 0) is 30.3 Å². The number of fused-ring (bicyclic) bond motifs is 1. The number of amides is 1. The van der Waals surface area contributed by atoms with Crippen LogP contribution in [0.3, 0.4) is 0 Å². The Hall–Kier alpha value is -2.19. The predicted octanol–water partition coefficient (Wildman–Crippen LogP) is 3.97. The van der Waals surface area contributed by atoms with E-state index < -0.39 is 5.82 Å². The first-order chi connectivity index (χ1) is 11.6. The van der Waals surface area contributed by atoms with Gasteiger partial charge in [-0.25, -0.2) is 14.8 Å². The topological polar surface area (TPSA) is 67.5 Å². The van der Waals surface area contributed by atoms with E-state index in [-0.39, 0.29) is 17.2 Å². The minimum Gasteiger partial charge on any atom is -0.431 e. The van der Waals surface area contributed by atoms with Gasteiger partial charge in [-0.2, -0.15) is 5.10 Å². The number of hydrogen-bond donors (Lipinski definition) is 1. The third-order valence-electron chi connectivity index (χ3n) is 2.95. The zero-order valence-corrected chi connectivity index (χ0v) is 14.6. The molecular formula is C16H11BrFN3O2S. The molecule has 0 aliphatic carbocycles. The molecule has 5 nitrogen and oxygen atoms in total. The summed E-state index contributed by atoms with van der Waals surface area (Å²) >= 11 is 4.41. The van der Waals surface area contributed by atoms with Crippen molar-refractivity contribution >= 4 is 50.9 Å². The summed E-state index contributed by atoms with van der Waals surface area (Å²) in [5.74, 6) is -0.670. The van der Waals surface area contributed by atoms with Crippen LogP contribution in [0.5, 0.6) is 0 Å². The van der Waals surface area contributed by atoms with Gasteiger partial charge in [0.2, 0.25) is 0 Å². The fraction of sp³-hybridized carbons (Fsp3) is 0.0625. The number of rotatable bonds is 5. The Morgan fingerprint density at radius 3 is 3.04 bits per heavy atom. The van der Waals surface area contributed by atoms with Crippen molar-refractivity contribution in [1.29, 1.82) is 0 Å². The highest BCUT2D eigenvalue weighted by Gasteiger charge is 2.08. The molecule has 3 aromatic rings. The fourth-order valence-corrected chi connectivity index (χ4v) is 2.87. The SMILES string of the molecule is O=C(CSc1nc2ccccc2o1)N/N=C\c1cc(Br)ccc1F. The molecule has 0 aliphatic heterocycles. The van der Waals surface area contributed by atoms with E-state index in [9.17, 15) is 9.18 Å². The lowest BCUT2D eigenvalue weighted by atomic mass is 10.2. The molecule has 0 saturated heterocycles. The van der Waals surface area contributed by atoms with Gasteiger partial charge in [0.15, 0.2) is 5.58 Å². The van der Waals surface area contributed by atoms with Gasteiger partial charge in [-0.3, -0.25) is 4.79 Å². The number of nitrogens with one attached hydrogen (secondary N) is 1. The molecule has 0 aliphatic rings. The second kappa shape index (κ2) is 7.59. The van der Waals surface area contributed by atoms with E-state index in [1.54, 1.807) is 12.1 Å². The highest BCUT2D eigenvalue weighted by atomic mass is 79.9. The first-order valence-electron chi connectivity index (χ1n) is 6.87. The summed E-state index contributed by atoms with van der Waals surface area (Å²) in [5.41, 5.74) is 4.02. The van der Waals surface area contributed by atoms with Crippen LogP contribution in [-0.4, -0.2) is 22.9 Å². The lowest BCUT2D eigenvalue weighted by Gasteiger charge is -1.99. The molecule has 0 atom stereocenters. The van der Waals surface area contributed by atoms with Crippen molar-refractivity contribution in [3.8, 4) is 0 Å². The average Bonchev–Trinajstić information content (AvgIpc) is 2.99. The van der Waals surface area contributed by atoms with Crippen molar-refractivity contribution in [1.82, 2.24) is 10.4 Å². The first kappa shape index (κ1) is 16.7. The molecule has 1 aromatic heterocycles. The molecule has 122 valence electrons. The third-order valence-corrected chi connectivity index (χ3v) is 4.27.